The number of carbonyl (C=O) groups excluding carboxylic acids is 1. The van der Waals surface area contributed by atoms with E-state index in [1.807, 2.05) is 0 Å². The van der Waals surface area contributed by atoms with Gasteiger partial charge in [0.2, 0.25) is 0 Å². The Labute approximate surface area is 115 Å². The van der Waals surface area contributed by atoms with Crippen LogP contribution >= 0.6 is 0 Å². The van der Waals surface area contributed by atoms with Gasteiger partial charge in [-0.3, -0.25) is 9.59 Å². The number of ether oxygens (including phenoxy) is 1. The molecule has 4 nitrogen and oxygen atoms in total. The van der Waals surface area contributed by atoms with Gasteiger partial charge in [0.05, 0.1) is 13.0 Å². The van der Waals surface area contributed by atoms with Crippen LogP contribution in [0.1, 0.15) is 36.5 Å². The van der Waals surface area contributed by atoms with Crippen molar-refractivity contribution in [1.29, 1.82) is 0 Å². The normalized spacial score (nSPS) is 10.6. The van der Waals surface area contributed by atoms with Crippen LogP contribution in [0.15, 0.2) is 18.2 Å². The van der Waals surface area contributed by atoms with Crippen molar-refractivity contribution < 1.29 is 28.2 Å². The van der Waals surface area contributed by atoms with Gasteiger partial charge in [0.25, 0.3) is 6.43 Å². The highest BCUT2D eigenvalue weighted by atomic mass is 19.3. The molecule has 1 aromatic rings. The van der Waals surface area contributed by atoms with Gasteiger partial charge in [0.15, 0.2) is 0 Å². The summed E-state index contributed by atoms with van der Waals surface area (Å²) in [4.78, 5) is 22.0. The van der Waals surface area contributed by atoms with E-state index in [0.29, 0.717) is 11.1 Å². The monoisotopic (exact) mass is 286 g/mol. The van der Waals surface area contributed by atoms with Gasteiger partial charge in [0.1, 0.15) is 0 Å². The van der Waals surface area contributed by atoms with E-state index in [2.05, 4.69) is 0 Å². The first kappa shape index (κ1) is 16.1. The largest absolute Gasteiger partial charge is 0.481 e. The number of carboxylic acid groups (broad SMARTS) is 1. The summed E-state index contributed by atoms with van der Waals surface area (Å²) in [6.45, 7) is 1.90. The highest BCUT2D eigenvalue weighted by Crippen LogP contribution is 2.23. The highest BCUT2D eigenvalue weighted by molar-refractivity contribution is 5.73. The summed E-state index contributed by atoms with van der Waals surface area (Å²) < 4.78 is 30.1. The minimum absolute atomic E-state index is 0.0493. The fourth-order valence-electron chi connectivity index (χ4n) is 1.80. The maximum absolute atomic E-state index is 12.7. The summed E-state index contributed by atoms with van der Waals surface area (Å²) >= 11 is 0. The maximum Gasteiger partial charge on any atom is 0.310 e. The van der Waals surface area contributed by atoms with Crippen LogP contribution in [0.3, 0.4) is 0 Å². The van der Waals surface area contributed by atoms with E-state index >= 15 is 0 Å². The quantitative estimate of drug-likeness (QED) is 0.783. The zero-order chi connectivity index (χ0) is 15.1. The van der Waals surface area contributed by atoms with Crippen LogP contribution in [-0.2, 0) is 27.2 Å². The number of aliphatic carboxylic acids is 1. The molecule has 0 saturated heterocycles. The smallest absolute Gasteiger partial charge is 0.310 e. The van der Waals surface area contributed by atoms with Gasteiger partial charge in [0, 0.05) is 12.0 Å². The SMILES string of the molecule is CCOC(=O)Cc1ccc(C(F)F)cc1CCC(=O)O. The Balaban J connectivity index is 2.95. The molecule has 0 atom stereocenters. The molecule has 1 N–H and O–H groups in total. The molecular weight excluding hydrogens is 270 g/mol. The van der Waals surface area contributed by atoms with Crippen LogP contribution in [0, 0.1) is 0 Å². The first-order chi connectivity index (χ1) is 9.43. The third-order valence-electron chi connectivity index (χ3n) is 2.73. The van der Waals surface area contributed by atoms with E-state index in [0.717, 1.165) is 0 Å². The minimum atomic E-state index is -2.63. The second-order valence-corrected chi connectivity index (χ2v) is 4.20. The van der Waals surface area contributed by atoms with Crippen LogP contribution in [0.5, 0.6) is 0 Å². The Bertz CT molecular complexity index is 486. The summed E-state index contributed by atoms with van der Waals surface area (Å²) in [5.74, 6) is -1.48. The molecule has 0 aliphatic heterocycles. The van der Waals surface area contributed by atoms with Gasteiger partial charge in [-0.1, -0.05) is 12.1 Å². The zero-order valence-corrected chi connectivity index (χ0v) is 11.1. The minimum Gasteiger partial charge on any atom is -0.481 e. The number of hydrogen-bond donors (Lipinski definition) is 1. The van der Waals surface area contributed by atoms with Crippen molar-refractivity contribution in [3.8, 4) is 0 Å². The predicted molar refractivity (Wildman–Crippen MR) is 67.7 cm³/mol. The maximum atomic E-state index is 12.7. The Hall–Kier alpha value is -1.98. The summed E-state index contributed by atoms with van der Waals surface area (Å²) in [6.07, 6.45) is -2.75. The van der Waals surface area contributed by atoms with Gasteiger partial charge in [-0.25, -0.2) is 8.78 Å². The first-order valence-corrected chi connectivity index (χ1v) is 6.21. The number of alkyl halides is 2. The molecule has 0 aromatic heterocycles. The zero-order valence-electron chi connectivity index (χ0n) is 11.1. The average molecular weight is 286 g/mol. The lowest BCUT2D eigenvalue weighted by atomic mass is 9.98. The molecule has 0 amide bonds. The van der Waals surface area contributed by atoms with Gasteiger partial charge >= 0.3 is 11.9 Å². The van der Waals surface area contributed by atoms with Crippen LogP contribution < -0.4 is 0 Å². The molecule has 0 fully saturated rings. The Kier molecular flexibility index (Phi) is 6.09. The molecule has 0 aliphatic rings. The van der Waals surface area contributed by atoms with Gasteiger partial charge in [-0.05, 0) is 30.5 Å². The lowest BCUT2D eigenvalue weighted by Crippen LogP contribution is -2.10. The van der Waals surface area contributed by atoms with Crippen LogP contribution in [-0.4, -0.2) is 23.7 Å². The molecule has 0 saturated carbocycles. The van der Waals surface area contributed by atoms with Crippen LogP contribution in [0.2, 0.25) is 0 Å². The van der Waals surface area contributed by atoms with E-state index in [1.165, 1.54) is 18.2 Å². The third-order valence-corrected chi connectivity index (χ3v) is 2.73. The molecule has 0 aliphatic carbocycles. The van der Waals surface area contributed by atoms with Gasteiger partial charge < -0.3 is 9.84 Å². The predicted octanol–water partition coefficient (Wildman–Crippen LogP) is 2.75. The van der Waals surface area contributed by atoms with E-state index in [1.54, 1.807) is 6.92 Å². The molecule has 110 valence electrons. The Morgan fingerprint density at radius 2 is 2.00 bits per heavy atom. The molecule has 6 heteroatoms. The molecule has 0 unspecified atom stereocenters. The number of rotatable bonds is 7. The number of halogens is 2. The third kappa shape index (κ3) is 4.95. The van der Waals surface area contributed by atoms with E-state index in [-0.39, 0.29) is 31.4 Å². The second kappa shape index (κ2) is 7.57. The molecule has 0 radical (unpaired) electrons. The van der Waals surface area contributed by atoms with Crippen molar-refractivity contribution in [3.63, 3.8) is 0 Å². The number of esters is 1. The first-order valence-electron chi connectivity index (χ1n) is 6.21. The number of aryl methyl sites for hydroxylation is 1. The lowest BCUT2D eigenvalue weighted by molar-refractivity contribution is -0.142. The molecular formula is C14H16F2O4. The van der Waals surface area contributed by atoms with Crippen LogP contribution in [0.25, 0.3) is 0 Å². The molecule has 20 heavy (non-hydrogen) atoms. The van der Waals surface area contributed by atoms with Crippen molar-refractivity contribution in [2.24, 2.45) is 0 Å². The van der Waals surface area contributed by atoms with Crippen molar-refractivity contribution in [2.45, 2.75) is 32.6 Å². The standard InChI is InChI=1S/C14H16F2O4/c1-2-20-13(19)8-10-3-4-11(14(15)16)7-9(10)5-6-12(17)18/h3-4,7,14H,2,5-6,8H2,1H3,(H,17,18). The summed E-state index contributed by atoms with van der Waals surface area (Å²) in [7, 11) is 0. The van der Waals surface area contributed by atoms with Crippen molar-refractivity contribution in [3.05, 3.63) is 34.9 Å². The molecule has 1 aromatic carbocycles. The van der Waals surface area contributed by atoms with Crippen molar-refractivity contribution in [2.75, 3.05) is 6.61 Å². The number of carboxylic acids is 1. The van der Waals surface area contributed by atoms with Gasteiger partial charge in [-0.2, -0.15) is 0 Å². The highest BCUT2D eigenvalue weighted by Gasteiger charge is 2.14. The second-order valence-electron chi connectivity index (χ2n) is 4.20. The molecule has 0 spiro atoms. The fraction of sp³-hybridized carbons (Fsp3) is 0.429. The number of carbonyl (C=O) groups is 2. The van der Waals surface area contributed by atoms with Crippen molar-refractivity contribution >= 4 is 11.9 Å². The van der Waals surface area contributed by atoms with E-state index < -0.39 is 18.4 Å². The lowest BCUT2D eigenvalue weighted by Gasteiger charge is -2.11. The summed E-state index contributed by atoms with van der Waals surface area (Å²) in [6, 6.07) is 3.92. The summed E-state index contributed by atoms with van der Waals surface area (Å²) in [5, 5.41) is 8.67. The number of benzene rings is 1. The van der Waals surface area contributed by atoms with Crippen molar-refractivity contribution in [1.82, 2.24) is 0 Å². The molecule has 0 bridgehead atoms. The number of hydrogen-bond acceptors (Lipinski definition) is 3. The Morgan fingerprint density at radius 3 is 2.55 bits per heavy atom. The topological polar surface area (TPSA) is 63.6 Å². The van der Waals surface area contributed by atoms with E-state index in [4.69, 9.17) is 9.84 Å². The fourth-order valence-corrected chi connectivity index (χ4v) is 1.80. The molecule has 0 heterocycles. The average Bonchev–Trinajstić information content (AvgIpc) is 2.37. The van der Waals surface area contributed by atoms with Gasteiger partial charge in [-0.15, -0.1) is 0 Å². The molecule has 1 rings (SSSR count). The summed E-state index contributed by atoms with van der Waals surface area (Å²) in [5.41, 5.74) is 0.783. The Morgan fingerprint density at radius 1 is 1.30 bits per heavy atom. The van der Waals surface area contributed by atoms with E-state index in [9.17, 15) is 18.4 Å². The van der Waals surface area contributed by atoms with Crippen LogP contribution in [0.4, 0.5) is 8.78 Å².